The van der Waals surface area contributed by atoms with Gasteiger partial charge in [-0.15, -0.1) is 0 Å². The Hall–Kier alpha value is -0.170. The van der Waals surface area contributed by atoms with Crippen LogP contribution in [0.15, 0.2) is 49.8 Å². The standard InChI is InChI=1S/C14H8Br4O2/c15-7-13(19)20-14-11(17)5-9(6-12(14)18)8-1-3-10(16)4-2-8/h1-6H,7H2. The third kappa shape index (κ3) is 3.93. The fourth-order valence-electron chi connectivity index (χ4n) is 1.61. The Bertz CT molecular complexity index is 615. The third-order valence-corrected chi connectivity index (χ3v) is 4.67. The van der Waals surface area contributed by atoms with Crippen molar-refractivity contribution in [2.75, 3.05) is 5.33 Å². The first kappa shape index (κ1) is 16.2. The van der Waals surface area contributed by atoms with Crippen molar-refractivity contribution in [1.82, 2.24) is 0 Å². The molecule has 2 nitrogen and oxygen atoms in total. The van der Waals surface area contributed by atoms with E-state index in [1.54, 1.807) is 0 Å². The lowest BCUT2D eigenvalue weighted by Gasteiger charge is -2.10. The van der Waals surface area contributed by atoms with Gasteiger partial charge in [-0.2, -0.15) is 0 Å². The zero-order valence-electron chi connectivity index (χ0n) is 10.00. The molecule has 104 valence electrons. The van der Waals surface area contributed by atoms with Gasteiger partial charge in [-0.05, 0) is 67.3 Å². The number of carbonyl (C=O) groups is 1. The maximum atomic E-state index is 11.4. The van der Waals surface area contributed by atoms with Gasteiger partial charge in [0.15, 0.2) is 5.75 Å². The molecule has 0 saturated carbocycles. The molecule has 0 atom stereocenters. The van der Waals surface area contributed by atoms with Crippen LogP contribution in [0.25, 0.3) is 11.1 Å². The molecule has 2 rings (SSSR count). The van der Waals surface area contributed by atoms with Gasteiger partial charge in [0.05, 0.1) is 8.95 Å². The average molecular weight is 528 g/mol. The predicted molar refractivity (Wildman–Crippen MR) is 94.4 cm³/mol. The second kappa shape index (κ2) is 7.20. The number of carbonyl (C=O) groups excluding carboxylic acids is 1. The Morgan fingerprint density at radius 2 is 1.50 bits per heavy atom. The highest BCUT2D eigenvalue weighted by Crippen LogP contribution is 2.38. The summed E-state index contributed by atoms with van der Waals surface area (Å²) >= 11 is 13.4. The highest BCUT2D eigenvalue weighted by Gasteiger charge is 2.13. The molecule has 0 aliphatic carbocycles. The summed E-state index contributed by atoms with van der Waals surface area (Å²) in [5, 5.41) is 0.153. The smallest absolute Gasteiger partial charge is 0.322 e. The van der Waals surface area contributed by atoms with E-state index in [4.69, 9.17) is 4.74 Å². The predicted octanol–water partition coefficient (Wildman–Crippen LogP) is 5.94. The minimum atomic E-state index is -0.345. The Balaban J connectivity index is 2.39. The van der Waals surface area contributed by atoms with Crippen LogP contribution in [0, 0.1) is 0 Å². The molecule has 0 N–H and O–H groups in total. The van der Waals surface area contributed by atoms with Crippen molar-refractivity contribution in [3.8, 4) is 16.9 Å². The van der Waals surface area contributed by atoms with Crippen molar-refractivity contribution >= 4 is 69.7 Å². The number of hydrogen-bond donors (Lipinski definition) is 0. The summed E-state index contributed by atoms with van der Waals surface area (Å²) < 4.78 is 7.72. The van der Waals surface area contributed by atoms with E-state index in [1.165, 1.54) is 0 Å². The van der Waals surface area contributed by atoms with Crippen LogP contribution in [0.1, 0.15) is 0 Å². The zero-order valence-corrected chi connectivity index (χ0v) is 16.3. The molecule has 0 fully saturated rings. The molecule has 0 aromatic heterocycles. The molecule has 0 amide bonds. The van der Waals surface area contributed by atoms with Crippen LogP contribution in [-0.2, 0) is 4.79 Å². The first-order valence-electron chi connectivity index (χ1n) is 5.53. The lowest BCUT2D eigenvalue weighted by Crippen LogP contribution is -2.09. The number of rotatable bonds is 3. The lowest BCUT2D eigenvalue weighted by molar-refractivity contribution is -0.131. The quantitative estimate of drug-likeness (QED) is 0.280. The number of alkyl halides is 1. The molecule has 2 aromatic carbocycles. The molecule has 6 heteroatoms. The van der Waals surface area contributed by atoms with E-state index in [-0.39, 0.29) is 11.3 Å². The minimum Gasteiger partial charge on any atom is -0.423 e. The second-order valence-corrected chi connectivity index (χ2v) is 7.07. The number of esters is 1. The van der Waals surface area contributed by atoms with Crippen LogP contribution in [0.3, 0.4) is 0 Å². The van der Waals surface area contributed by atoms with E-state index in [0.717, 1.165) is 24.5 Å². The average Bonchev–Trinajstić information content (AvgIpc) is 2.43. The van der Waals surface area contributed by atoms with E-state index in [2.05, 4.69) is 63.7 Å². The molecule has 0 unspecified atom stereocenters. The van der Waals surface area contributed by atoms with Gasteiger partial charge in [-0.3, -0.25) is 4.79 Å². The molecule has 0 radical (unpaired) electrons. The van der Waals surface area contributed by atoms with Gasteiger partial charge in [0.2, 0.25) is 0 Å². The maximum absolute atomic E-state index is 11.4. The summed E-state index contributed by atoms with van der Waals surface area (Å²) in [5.41, 5.74) is 2.10. The van der Waals surface area contributed by atoms with Crippen molar-refractivity contribution < 1.29 is 9.53 Å². The summed E-state index contributed by atoms with van der Waals surface area (Å²) in [7, 11) is 0. The zero-order chi connectivity index (χ0) is 14.7. The molecule has 0 saturated heterocycles. The summed E-state index contributed by atoms with van der Waals surface area (Å²) in [6.07, 6.45) is 0. The van der Waals surface area contributed by atoms with Crippen LogP contribution in [0.5, 0.6) is 5.75 Å². The highest BCUT2D eigenvalue weighted by atomic mass is 79.9. The molecule has 2 aromatic rings. The fraction of sp³-hybridized carbons (Fsp3) is 0.0714. The molecule has 0 spiro atoms. The molecular formula is C14H8Br4O2. The summed E-state index contributed by atoms with van der Waals surface area (Å²) in [4.78, 5) is 11.4. The Morgan fingerprint density at radius 3 is 2.00 bits per heavy atom. The molecule has 0 heterocycles. The van der Waals surface area contributed by atoms with Gasteiger partial charge >= 0.3 is 5.97 Å². The van der Waals surface area contributed by atoms with Crippen LogP contribution < -0.4 is 4.74 Å². The van der Waals surface area contributed by atoms with Crippen molar-refractivity contribution in [2.45, 2.75) is 0 Å². The monoisotopic (exact) mass is 524 g/mol. The molecular weight excluding hydrogens is 520 g/mol. The van der Waals surface area contributed by atoms with Gasteiger partial charge in [-0.25, -0.2) is 0 Å². The van der Waals surface area contributed by atoms with Crippen molar-refractivity contribution in [1.29, 1.82) is 0 Å². The summed E-state index contributed by atoms with van der Waals surface area (Å²) in [6.45, 7) is 0. The van der Waals surface area contributed by atoms with Crippen LogP contribution in [0.4, 0.5) is 0 Å². The molecule has 20 heavy (non-hydrogen) atoms. The summed E-state index contributed by atoms with van der Waals surface area (Å²) in [5.74, 6) is 0.137. The Morgan fingerprint density at radius 1 is 0.950 bits per heavy atom. The first-order valence-corrected chi connectivity index (χ1v) is 9.03. The van der Waals surface area contributed by atoms with Crippen LogP contribution in [0.2, 0.25) is 0 Å². The molecule has 0 bridgehead atoms. The normalized spacial score (nSPS) is 10.4. The maximum Gasteiger partial charge on any atom is 0.322 e. The number of benzene rings is 2. The van der Waals surface area contributed by atoms with E-state index in [9.17, 15) is 4.79 Å². The Kier molecular flexibility index (Phi) is 5.84. The molecule has 0 aliphatic heterocycles. The fourth-order valence-corrected chi connectivity index (χ4v) is 3.33. The second-order valence-electron chi connectivity index (χ2n) is 3.88. The van der Waals surface area contributed by atoms with E-state index >= 15 is 0 Å². The van der Waals surface area contributed by atoms with E-state index in [1.807, 2.05) is 36.4 Å². The third-order valence-electron chi connectivity index (χ3n) is 2.50. The van der Waals surface area contributed by atoms with Crippen molar-refractivity contribution in [3.05, 3.63) is 49.8 Å². The van der Waals surface area contributed by atoms with Gasteiger partial charge in [0, 0.05) is 4.47 Å². The van der Waals surface area contributed by atoms with Gasteiger partial charge < -0.3 is 4.74 Å². The van der Waals surface area contributed by atoms with Crippen molar-refractivity contribution in [3.63, 3.8) is 0 Å². The highest BCUT2D eigenvalue weighted by molar-refractivity contribution is 9.11. The van der Waals surface area contributed by atoms with Gasteiger partial charge in [-0.1, -0.05) is 44.0 Å². The van der Waals surface area contributed by atoms with Gasteiger partial charge in [0.25, 0.3) is 0 Å². The van der Waals surface area contributed by atoms with E-state index in [0.29, 0.717) is 5.75 Å². The summed E-state index contributed by atoms with van der Waals surface area (Å²) in [6, 6.07) is 11.8. The minimum absolute atomic E-state index is 0.153. The topological polar surface area (TPSA) is 26.3 Å². The first-order chi connectivity index (χ1) is 9.51. The largest absolute Gasteiger partial charge is 0.423 e. The molecule has 0 aliphatic rings. The van der Waals surface area contributed by atoms with Crippen LogP contribution >= 0.6 is 63.7 Å². The van der Waals surface area contributed by atoms with Crippen LogP contribution in [-0.4, -0.2) is 11.3 Å². The van der Waals surface area contributed by atoms with Gasteiger partial charge in [0.1, 0.15) is 5.33 Å². The lowest BCUT2D eigenvalue weighted by atomic mass is 10.1. The Labute approximate surface area is 150 Å². The van der Waals surface area contributed by atoms with E-state index < -0.39 is 0 Å². The number of ether oxygens (including phenoxy) is 1. The SMILES string of the molecule is O=C(CBr)Oc1c(Br)cc(-c2ccc(Br)cc2)cc1Br. The number of halogens is 4. The van der Waals surface area contributed by atoms with Crippen molar-refractivity contribution in [2.24, 2.45) is 0 Å². The number of hydrogen-bond acceptors (Lipinski definition) is 2.